The fourth-order valence-corrected chi connectivity index (χ4v) is 1.38. The summed E-state index contributed by atoms with van der Waals surface area (Å²) in [6, 6.07) is 15.8. The summed E-state index contributed by atoms with van der Waals surface area (Å²) in [6.45, 7) is 0. The standard InChI is InChI=1S/C13H10N2O2/c16-15(17)13-8-4-7-12(9-13)14-10-11-5-2-1-3-6-11/h1-10H. The molecule has 4 heteroatoms. The number of nitro benzene ring substituents is 1. The van der Waals surface area contributed by atoms with Crippen LogP contribution in [0.25, 0.3) is 0 Å². The van der Waals surface area contributed by atoms with Crippen LogP contribution in [0.1, 0.15) is 5.56 Å². The van der Waals surface area contributed by atoms with Crippen molar-refractivity contribution < 1.29 is 4.92 Å². The maximum Gasteiger partial charge on any atom is 0.271 e. The minimum Gasteiger partial charge on any atom is -0.258 e. The molecule has 0 atom stereocenters. The first-order chi connectivity index (χ1) is 8.25. The molecule has 0 N–H and O–H groups in total. The number of rotatable bonds is 3. The Bertz CT molecular complexity index is 550. The van der Waals surface area contributed by atoms with Crippen LogP contribution in [0.15, 0.2) is 59.6 Å². The Morgan fingerprint density at radius 1 is 1.06 bits per heavy atom. The van der Waals surface area contributed by atoms with Gasteiger partial charge in [-0.1, -0.05) is 36.4 Å². The van der Waals surface area contributed by atoms with Gasteiger partial charge in [-0.25, -0.2) is 0 Å². The molecule has 0 saturated heterocycles. The molecule has 0 radical (unpaired) electrons. The number of hydrogen-bond donors (Lipinski definition) is 0. The molecule has 17 heavy (non-hydrogen) atoms. The highest BCUT2D eigenvalue weighted by Gasteiger charge is 2.03. The van der Waals surface area contributed by atoms with Gasteiger partial charge in [-0.05, 0) is 11.6 Å². The lowest BCUT2D eigenvalue weighted by Gasteiger charge is -1.94. The molecule has 0 aliphatic rings. The fourth-order valence-electron chi connectivity index (χ4n) is 1.38. The van der Waals surface area contributed by atoms with Gasteiger partial charge in [-0.15, -0.1) is 0 Å². The molecule has 0 unspecified atom stereocenters. The molecular weight excluding hydrogens is 216 g/mol. The molecule has 0 heterocycles. The zero-order chi connectivity index (χ0) is 12.1. The van der Waals surface area contributed by atoms with E-state index in [1.807, 2.05) is 30.3 Å². The van der Waals surface area contributed by atoms with Gasteiger partial charge in [0.1, 0.15) is 0 Å². The van der Waals surface area contributed by atoms with E-state index in [0.29, 0.717) is 5.69 Å². The van der Waals surface area contributed by atoms with Crippen molar-refractivity contribution in [2.24, 2.45) is 4.99 Å². The molecule has 0 amide bonds. The lowest BCUT2D eigenvalue weighted by molar-refractivity contribution is -0.384. The summed E-state index contributed by atoms with van der Waals surface area (Å²) in [6.07, 6.45) is 1.68. The summed E-state index contributed by atoms with van der Waals surface area (Å²) < 4.78 is 0. The molecular formula is C13H10N2O2. The second-order valence-corrected chi connectivity index (χ2v) is 3.45. The van der Waals surface area contributed by atoms with Crippen molar-refractivity contribution in [2.45, 2.75) is 0 Å². The maximum atomic E-state index is 10.6. The zero-order valence-corrected chi connectivity index (χ0v) is 8.98. The lowest BCUT2D eigenvalue weighted by Crippen LogP contribution is -1.86. The largest absolute Gasteiger partial charge is 0.271 e. The normalized spacial score (nSPS) is 10.6. The van der Waals surface area contributed by atoms with Crippen molar-refractivity contribution in [3.8, 4) is 0 Å². The average molecular weight is 226 g/mol. The molecule has 84 valence electrons. The Labute approximate surface area is 98.4 Å². The molecule has 2 rings (SSSR count). The topological polar surface area (TPSA) is 55.5 Å². The van der Waals surface area contributed by atoms with Gasteiger partial charge in [0.2, 0.25) is 0 Å². The van der Waals surface area contributed by atoms with Crippen LogP contribution in [0.5, 0.6) is 0 Å². The summed E-state index contributed by atoms with van der Waals surface area (Å²) >= 11 is 0. The quantitative estimate of drug-likeness (QED) is 0.458. The van der Waals surface area contributed by atoms with Crippen LogP contribution in [0.4, 0.5) is 11.4 Å². The molecule has 2 aromatic carbocycles. The van der Waals surface area contributed by atoms with E-state index < -0.39 is 4.92 Å². The number of hydrogen-bond acceptors (Lipinski definition) is 3. The minimum atomic E-state index is -0.429. The van der Waals surface area contributed by atoms with E-state index in [9.17, 15) is 10.1 Å². The number of nitro groups is 1. The molecule has 0 saturated carbocycles. The molecule has 0 aromatic heterocycles. The van der Waals surface area contributed by atoms with Crippen LogP contribution in [-0.4, -0.2) is 11.1 Å². The molecule has 4 nitrogen and oxygen atoms in total. The van der Waals surface area contributed by atoms with Crippen molar-refractivity contribution in [3.05, 3.63) is 70.3 Å². The summed E-state index contributed by atoms with van der Waals surface area (Å²) in [5.74, 6) is 0. The van der Waals surface area contributed by atoms with Crippen LogP contribution in [0.2, 0.25) is 0 Å². The summed E-state index contributed by atoms with van der Waals surface area (Å²) in [5, 5.41) is 10.6. The van der Waals surface area contributed by atoms with Crippen LogP contribution in [-0.2, 0) is 0 Å². The number of aliphatic imine (C=N–C) groups is 1. The third-order valence-electron chi connectivity index (χ3n) is 2.20. The van der Waals surface area contributed by atoms with Gasteiger partial charge in [-0.3, -0.25) is 15.1 Å². The smallest absolute Gasteiger partial charge is 0.258 e. The van der Waals surface area contributed by atoms with E-state index in [1.165, 1.54) is 12.1 Å². The molecule has 0 spiro atoms. The highest BCUT2D eigenvalue weighted by Crippen LogP contribution is 2.19. The van der Waals surface area contributed by atoms with Crippen LogP contribution < -0.4 is 0 Å². The van der Waals surface area contributed by atoms with Gasteiger partial charge in [0.25, 0.3) is 5.69 Å². The molecule has 0 aliphatic heterocycles. The monoisotopic (exact) mass is 226 g/mol. The van der Waals surface area contributed by atoms with E-state index in [2.05, 4.69) is 4.99 Å². The second kappa shape index (κ2) is 5.03. The van der Waals surface area contributed by atoms with Crippen LogP contribution >= 0.6 is 0 Å². The van der Waals surface area contributed by atoms with Crippen molar-refractivity contribution in [1.29, 1.82) is 0 Å². The zero-order valence-electron chi connectivity index (χ0n) is 8.98. The first kappa shape index (κ1) is 11.0. The minimum absolute atomic E-state index is 0.0488. The maximum absolute atomic E-state index is 10.6. The second-order valence-electron chi connectivity index (χ2n) is 3.45. The van der Waals surface area contributed by atoms with Gasteiger partial charge in [0, 0.05) is 18.3 Å². The van der Waals surface area contributed by atoms with Gasteiger partial charge in [0.15, 0.2) is 0 Å². The Morgan fingerprint density at radius 2 is 1.82 bits per heavy atom. The first-order valence-corrected chi connectivity index (χ1v) is 5.09. The van der Waals surface area contributed by atoms with Crippen molar-refractivity contribution in [1.82, 2.24) is 0 Å². The summed E-state index contributed by atoms with van der Waals surface area (Å²) in [5.41, 5.74) is 1.58. The first-order valence-electron chi connectivity index (χ1n) is 5.09. The third kappa shape index (κ3) is 2.98. The Morgan fingerprint density at radius 3 is 2.53 bits per heavy atom. The summed E-state index contributed by atoms with van der Waals surface area (Å²) in [7, 11) is 0. The fraction of sp³-hybridized carbons (Fsp3) is 0. The van der Waals surface area contributed by atoms with E-state index >= 15 is 0 Å². The van der Waals surface area contributed by atoms with Gasteiger partial charge in [0.05, 0.1) is 10.6 Å². The predicted octanol–water partition coefficient (Wildman–Crippen LogP) is 3.35. The van der Waals surface area contributed by atoms with E-state index in [4.69, 9.17) is 0 Å². The van der Waals surface area contributed by atoms with E-state index in [0.717, 1.165) is 5.56 Å². The Kier molecular flexibility index (Phi) is 3.25. The van der Waals surface area contributed by atoms with E-state index in [1.54, 1.807) is 18.3 Å². The molecule has 0 aliphatic carbocycles. The highest BCUT2D eigenvalue weighted by molar-refractivity contribution is 5.81. The van der Waals surface area contributed by atoms with Gasteiger partial charge >= 0.3 is 0 Å². The molecule has 2 aromatic rings. The van der Waals surface area contributed by atoms with Crippen LogP contribution in [0.3, 0.4) is 0 Å². The van der Waals surface area contributed by atoms with Crippen molar-refractivity contribution in [3.63, 3.8) is 0 Å². The van der Waals surface area contributed by atoms with Gasteiger partial charge in [-0.2, -0.15) is 0 Å². The van der Waals surface area contributed by atoms with E-state index in [-0.39, 0.29) is 5.69 Å². The highest BCUT2D eigenvalue weighted by atomic mass is 16.6. The average Bonchev–Trinajstić information content (AvgIpc) is 2.38. The van der Waals surface area contributed by atoms with Crippen molar-refractivity contribution in [2.75, 3.05) is 0 Å². The number of non-ortho nitro benzene ring substituents is 1. The molecule has 0 bridgehead atoms. The molecule has 0 fully saturated rings. The van der Waals surface area contributed by atoms with Crippen molar-refractivity contribution >= 4 is 17.6 Å². The third-order valence-corrected chi connectivity index (χ3v) is 2.20. The van der Waals surface area contributed by atoms with Gasteiger partial charge < -0.3 is 0 Å². The Balaban J connectivity index is 2.22. The number of nitrogens with zero attached hydrogens (tertiary/aromatic N) is 2. The lowest BCUT2D eigenvalue weighted by atomic mass is 10.2. The predicted molar refractivity (Wildman–Crippen MR) is 66.8 cm³/mol. The summed E-state index contributed by atoms with van der Waals surface area (Å²) in [4.78, 5) is 14.3. The Hall–Kier alpha value is -2.49. The van der Waals surface area contributed by atoms with Crippen LogP contribution in [0, 0.1) is 10.1 Å². The number of benzene rings is 2. The SMILES string of the molecule is O=[N+]([O-])c1cccc(N=Cc2ccccc2)c1.